The molecular weight excluding hydrogens is 298 g/mol. The lowest BCUT2D eigenvalue weighted by Crippen LogP contribution is -2.14. The largest absolute Gasteiger partial charge is 0.497 e. The maximum Gasteiger partial charge on any atom is 0.230 e. The Hall–Kier alpha value is -1.95. The number of nitrogens with zero attached hydrogens (tertiary/aromatic N) is 2. The molecule has 2 rings (SSSR count). The van der Waals surface area contributed by atoms with Gasteiger partial charge in [-0.1, -0.05) is 37.3 Å². The first-order chi connectivity index (χ1) is 10.7. The quantitative estimate of drug-likeness (QED) is 0.846. The minimum atomic E-state index is -0.0857. The van der Waals surface area contributed by atoms with E-state index in [0.717, 1.165) is 29.2 Å². The number of aromatic nitrogens is 2. The molecule has 0 aliphatic carbocycles. The molecule has 0 fully saturated rings. The summed E-state index contributed by atoms with van der Waals surface area (Å²) in [4.78, 5) is 12.1. The number of hydrogen-bond acceptors (Lipinski definition) is 5. The second kappa shape index (κ2) is 7.89. The highest BCUT2D eigenvalue weighted by molar-refractivity contribution is 7.15. The SMILES string of the molecule is CCC(CC)c1nnc(NC(=O)Cc2ccc(OC)cc2)s1. The molecule has 0 aliphatic heterocycles. The number of nitrogens with one attached hydrogen (secondary N) is 1. The normalized spacial score (nSPS) is 10.7. The average Bonchev–Trinajstić information content (AvgIpc) is 2.97. The van der Waals surface area contributed by atoms with Crippen LogP contribution in [0.25, 0.3) is 0 Å². The van der Waals surface area contributed by atoms with Crippen molar-refractivity contribution >= 4 is 22.4 Å². The zero-order chi connectivity index (χ0) is 15.9. The molecule has 0 spiro atoms. The van der Waals surface area contributed by atoms with Gasteiger partial charge in [-0.05, 0) is 30.5 Å². The van der Waals surface area contributed by atoms with Crippen molar-refractivity contribution < 1.29 is 9.53 Å². The van der Waals surface area contributed by atoms with Crippen LogP contribution in [0.3, 0.4) is 0 Å². The molecule has 0 saturated heterocycles. The smallest absolute Gasteiger partial charge is 0.230 e. The van der Waals surface area contributed by atoms with Crippen molar-refractivity contribution in [3.8, 4) is 5.75 Å². The van der Waals surface area contributed by atoms with E-state index in [-0.39, 0.29) is 5.91 Å². The molecule has 1 aromatic heterocycles. The summed E-state index contributed by atoms with van der Waals surface area (Å²) in [7, 11) is 1.62. The van der Waals surface area contributed by atoms with Gasteiger partial charge in [0.1, 0.15) is 10.8 Å². The lowest BCUT2D eigenvalue weighted by atomic mass is 10.1. The van der Waals surface area contributed by atoms with Crippen LogP contribution in [0, 0.1) is 0 Å². The Morgan fingerprint density at radius 2 is 1.91 bits per heavy atom. The molecule has 118 valence electrons. The van der Waals surface area contributed by atoms with Gasteiger partial charge in [-0.25, -0.2) is 0 Å². The van der Waals surface area contributed by atoms with Crippen LogP contribution in [0.5, 0.6) is 5.75 Å². The zero-order valence-electron chi connectivity index (χ0n) is 13.1. The predicted octanol–water partition coefficient (Wildman–Crippen LogP) is 3.63. The highest BCUT2D eigenvalue weighted by Crippen LogP contribution is 2.28. The Bertz CT molecular complexity index is 606. The van der Waals surface area contributed by atoms with Crippen molar-refractivity contribution in [3.63, 3.8) is 0 Å². The maximum absolute atomic E-state index is 12.1. The van der Waals surface area contributed by atoms with Crippen LogP contribution < -0.4 is 10.1 Å². The van der Waals surface area contributed by atoms with Crippen molar-refractivity contribution in [2.75, 3.05) is 12.4 Å². The predicted molar refractivity (Wildman–Crippen MR) is 88.6 cm³/mol. The first kappa shape index (κ1) is 16.4. The third-order valence-electron chi connectivity index (χ3n) is 3.55. The average molecular weight is 319 g/mol. The fraction of sp³-hybridized carbons (Fsp3) is 0.438. The number of anilines is 1. The zero-order valence-corrected chi connectivity index (χ0v) is 13.9. The topological polar surface area (TPSA) is 64.1 Å². The van der Waals surface area contributed by atoms with Gasteiger partial charge in [-0.15, -0.1) is 10.2 Å². The molecule has 0 saturated carbocycles. The van der Waals surface area contributed by atoms with Crippen molar-refractivity contribution in [2.24, 2.45) is 0 Å². The van der Waals surface area contributed by atoms with E-state index >= 15 is 0 Å². The Morgan fingerprint density at radius 1 is 1.23 bits per heavy atom. The van der Waals surface area contributed by atoms with E-state index in [0.29, 0.717) is 17.5 Å². The number of ether oxygens (including phenoxy) is 1. The van der Waals surface area contributed by atoms with Crippen LogP contribution in [-0.4, -0.2) is 23.2 Å². The maximum atomic E-state index is 12.1. The molecule has 1 amide bonds. The van der Waals surface area contributed by atoms with E-state index in [1.54, 1.807) is 7.11 Å². The molecule has 5 nitrogen and oxygen atoms in total. The summed E-state index contributed by atoms with van der Waals surface area (Å²) < 4.78 is 5.10. The van der Waals surface area contributed by atoms with E-state index in [4.69, 9.17) is 4.74 Å². The summed E-state index contributed by atoms with van der Waals surface area (Å²) >= 11 is 1.46. The molecule has 1 heterocycles. The monoisotopic (exact) mass is 319 g/mol. The third-order valence-corrected chi connectivity index (χ3v) is 4.55. The van der Waals surface area contributed by atoms with Gasteiger partial charge in [-0.3, -0.25) is 4.79 Å². The number of amides is 1. The van der Waals surface area contributed by atoms with Crippen LogP contribution >= 0.6 is 11.3 Å². The summed E-state index contributed by atoms with van der Waals surface area (Å²) in [6, 6.07) is 7.46. The molecule has 2 aromatic rings. The molecule has 0 radical (unpaired) electrons. The minimum Gasteiger partial charge on any atom is -0.497 e. The van der Waals surface area contributed by atoms with E-state index in [1.165, 1.54) is 11.3 Å². The van der Waals surface area contributed by atoms with Gasteiger partial charge in [0, 0.05) is 5.92 Å². The molecule has 6 heteroatoms. The van der Waals surface area contributed by atoms with Gasteiger partial charge in [0.15, 0.2) is 0 Å². The van der Waals surface area contributed by atoms with Gasteiger partial charge in [0.2, 0.25) is 11.0 Å². The number of carbonyl (C=O) groups is 1. The first-order valence-electron chi connectivity index (χ1n) is 7.42. The first-order valence-corrected chi connectivity index (χ1v) is 8.24. The summed E-state index contributed by atoms with van der Waals surface area (Å²) in [5, 5.41) is 12.6. The molecule has 0 atom stereocenters. The number of rotatable bonds is 7. The van der Waals surface area contributed by atoms with E-state index < -0.39 is 0 Å². The van der Waals surface area contributed by atoms with Crippen LogP contribution in [-0.2, 0) is 11.2 Å². The number of methoxy groups -OCH3 is 1. The molecule has 1 N–H and O–H groups in total. The molecule has 0 aliphatic rings. The van der Waals surface area contributed by atoms with Crippen molar-refractivity contribution in [1.82, 2.24) is 10.2 Å². The lowest BCUT2D eigenvalue weighted by Gasteiger charge is -2.06. The van der Waals surface area contributed by atoms with E-state index in [1.807, 2.05) is 24.3 Å². The Morgan fingerprint density at radius 3 is 2.50 bits per heavy atom. The highest BCUT2D eigenvalue weighted by Gasteiger charge is 2.14. The van der Waals surface area contributed by atoms with Gasteiger partial charge < -0.3 is 10.1 Å². The minimum absolute atomic E-state index is 0.0857. The Labute approximate surface area is 134 Å². The fourth-order valence-corrected chi connectivity index (χ4v) is 3.21. The van der Waals surface area contributed by atoms with Gasteiger partial charge in [-0.2, -0.15) is 0 Å². The van der Waals surface area contributed by atoms with Crippen molar-refractivity contribution in [2.45, 2.75) is 39.0 Å². The second-order valence-corrected chi connectivity index (χ2v) is 6.04. The fourth-order valence-electron chi connectivity index (χ4n) is 2.18. The van der Waals surface area contributed by atoms with E-state index in [2.05, 4.69) is 29.4 Å². The second-order valence-electron chi connectivity index (χ2n) is 5.03. The summed E-state index contributed by atoms with van der Waals surface area (Å²) in [6.45, 7) is 4.27. The van der Waals surface area contributed by atoms with Crippen LogP contribution in [0.15, 0.2) is 24.3 Å². The summed E-state index contributed by atoms with van der Waals surface area (Å²) in [6.07, 6.45) is 2.37. The Kier molecular flexibility index (Phi) is 5.89. The lowest BCUT2D eigenvalue weighted by molar-refractivity contribution is -0.115. The van der Waals surface area contributed by atoms with Crippen molar-refractivity contribution in [3.05, 3.63) is 34.8 Å². The third kappa shape index (κ3) is 4.27. The molecular formula is C16H21N3O2S. The molecule has 1 aromatic carbocycles. The van der Waals surface area contributed by atoms with Crippen LogP contribution in [0.1, 0.15) is 43.2 Å². The number of hydrogen-bond donors (Lipinski definition) is 1. The Balaban J connectivity index is 1.94. The standard InChI is InChI=1S/C16H21N3O2S/c1-4-12(5-2)15-18-19-16(22-15)17-14(20)10-11-6-8-13(21-3)9-7-11/h6-9,12H,4-5,10H2,1-3H3,(H,17,19,20). The van der Waals surface area contributed by atoms with E-state index in [9.17, 15) is 4.79 Å². The summed E-state index contributed by atoms with van der Waals surface area (Å²) in [5.74, 6) is 1.12. The molecule has 22 heavy (non-hydrogen) atoms. The molecule has 0 unspecified atom stereocenters. The highest BCUT2D eigenvalue weighted by atomic mass is 32.1. The molecule has 0 bridgehead atoms. The van der Waals surface area contributed by atoms with Crippen molar-refractivity contribution in [1.29, 1.82) is 0 Å². The summed E-state index contributed by atoms with van der Waals surface area (Å²) in [5.41, 5.74) is 0.933. The van der Waals surface area contributed by atoms with Gasteiger partial charge in [0.05, 0.1) is 13.5 Å². The van der Waals surface area contributed by atoms with Gasteiger partial charge >= 0.3 is 0 Å². The number of carbonyl (C=O) groups excluding carboxylic acids is 1. The van der Waals surface area contributed by atoms with Crippen LogP contribution in [0.4, 0.5) is 5.13 Å². The number of benzene rings is 1. The van der Waals surface area contributed by atoms with Gasteiger partial charge in [0.25, 0.3) is 0 Å². The van der Waals surface area contributed by atoms with Crippen LogP contribution in [0.2, 0.25) is 0 Å².